The van der Waals surface area contributed by atoms with Crippen LogP contribution in [0.2, 0.25) is 0 Å². The van der Waals surface area contributed by atoms with E-state index in [0.29, 0.717) is 19.4 Å². The van der Waals surface area contributed by atoms with Crippen molar-refractivity contribution in [3.05, 3.63) is 5.69 Å². The number of aliphatic carboxylic acids is 1. The predicted molar refractivity (Wildman–Crippen MR) is 75.5 cm³/mol. The van der Waals surface area contributed by atoms with Crippen molar-refractivity contribution in [3.8, 4) is 0 Å². The van der Waals surface area contributed by atoms with Crippen LogP contribution in [-0.2, 0) is 4.79 Å². The molecule has 0 saturated carbocycles. The second-order valence-corrected chi connectivity index (χ2v) is 6.04. The van der Waals surface area contributed by atoms with Crippen LogP contribution in [-0.4, -0.2) is 33.8 Å². The smallest absolute Gasteiger partial charge is 0.303 e. The number of hydrogen-bond acceptors (Lipinski definition) is 6. The van der Waals surface area contributed by atoms with Crippen LogP contribution >= 0.6 is 0 Å². The molecular weight excluding hydrogens is 276 g/mol. The standard InChI is InChI=1S/C13H22N4O4/c1-13(2,3)8(4-5-9(18)19)6-7-15-12(20)10-11(14)17-21-16-10/h8H,4-7H2,1-3H3,(H2,14,17)(H,15,20)(H,18,19). The molecule has 1 aromatic rings. The molecule has 1 heterocycles. The molecule has 0 bridgehead atoms. The Morgan fingerprint density at radius 1 is 1.33 bits per heavy atom. The highest BCUT2D eigenvalue weighted by Crippen LogP contribution is 2.32. The van der Waals surface area contributed by atoms with Gasteiger partial charge in [-0.2, -0.15) is 0 Å². The van der Waals surface area contributed by atoms with Crippen LogP contribution in [0.4, 0.5) is 5.82 Å². The van der Waals surface area contributed by atoms with Gasteiger partial charge in [-0.25, -0.2) is 4.63 Å². The Labute approximate surface area is 123 Å². The number of carbonyl (C=O) groups is 2. The van der Waals surface area contributed by atoms with E-state index in [0.717, 1.165) is 0 Å². The molecule has 0 spiro atoms. The van der Waals surface area contributed by atoms with Gasteiger partial charge in [0.1, 0.15) is 0 Å². The molecule has 1 rings (SSSR count). The lowest BCUT2D eigenvalue weighted by Gasteiger charge is -2.30. The summed E-state index contributed by atoms with van der Waals surface area (Å²) < 4.78 is 4.36. The molecule has 1 unspecified atom stereocenters. The molecule has 0 saturated heterocycles. The monoisotopic (exact) mass is 298 g/mol. The third-order valence-corrected chi connectivity index (χ3v) is 3.44. The molecule has 0 aromatic carbocycles. The lowest BCUT2D eigenvalue weighted by molar-refractivity contribution is -0.137. The van der Waals surface area contributed by atoms with Gasteiger partial charge >= 0.3 is 5.97 Å². The van der Waals surface area contributed by atoms with Crippen molar-refractivity contribution in [2.75, 3.05) is 12.3 Å². The quantitative estimate of drug-likeness (QED) is 0.691. The van der Waals surface area contributed by atoms with Crippen LogP contribution in [0, 0.1) is 11.3 Å². The van der Waals surface area contributed by atoms with Crippen molar-refractivity contribution < 1.29 is 19.3 Å². The molecule has 0 aliphatic heterocycles. The van der Waals surface area contributed by atoms with Crippen molar-refractivity contribution in [1.29, 1.82) is 0 Å². The first-order valence-electron chi connectivity index (χ1n) is 6.80. The number of nitrogen functional groups attached to an aromatic ring is 1. The summed E-state index contributed by atoms with van der Waals surface area (Å²) in [5, 5.41) is 18.2. The van der Waals surface area contributed by atoms with E-state index in [9.17, 15) is 9.59 Å². The van der Waals surface area contributed by atoms with Crippen LogP contribution in [0.5, 0.6) is 0 Å². The zero-order valence-electron chi connectivity index (χ0n) is 12.5. The number of nitrogens with zero attached hydrogens (tertiary/aromatic N) is 2. The zero-order chi connectivity index (χ0) is 16.0. The summed E-state index contributed by atoms with van der Waals surface area (Å²) in [6, 6.07) is 0. The van der Waals surface area contributed by atoms with E-state index in [2.05, 4.69) is 41.0 Å². The maximum atomic E-state index is 11.8. The Morgan fingerprint density at radius 3 is 2.48 bits per heavy atom. The molecule has 0 radical (unpaired) electrons. The lowest BCUT2D eigenvalue weighted by atomic mass is 9.76. The topological polar surface area (TPSA) is 131 Å². The van der Waals surface area contributed by atoms with E-state index in [1.165, 1.54) is 0 Å². The summed E-state index contributed by atoms with van der Waals surface area (Å²) in [7, 11) is 0. The summed E-state index contributed by atoms with van der Waals surface area (Å²) in [5.74, 6) is -1.12. The molecule has 1 aromatic heterocycles. The van der Waals surface area contributed by atoms with E-state index in [-0.39, 0.29) is 29.3 Å². The first-order chi connectivity index (χ1) is 9.71. The highest BCUT2D eigenvalue weighted by Gasteiger charge is 2.25. The second kappa shape index (κ2) is 7.05. The van der Waals surface area contributed by atoms with Crippen LogP contribution < -0.4 is 11.1 Å². The molecule has 1 atom stereocenters. The van der Waals surface area contributed by atoms with Gasteiger partial charge in [0.2, 0.25) is 11.5 Å². The van der Waals surface area contributed by atoms with Crippen molar-refractivity contribution in [2.45, 2.75) is 40.0 Å². The molecule has 1 amide bonds. The Hall–Kier alpha value is -2.12. The van der Waals surface area contributed by atoms with Gasteiger partial charge in [-0.1, -0.05) is 20.8 Å². The number of amides is 1. The van der Waals surface area contributed by atoms with Gasteiger partial charge in [0.25, 0.3) is 5.91 Å². The second-order valence-electron chi connectivity index (χ2n) is 6.04. The molecular formula is C13H22N4O4. The molecule has 118 valence electrons. The zero-order valence-corrected chi connectivity index (χ0v) is 12.5. The van der Waals surface area contributed by atoms with E-state index < -0.39 is 11.9 Å². The number of rotatable bonds is 7. The number of aromatic nitrogens is 2. The molecule has 0 aliphatic rings. The first-order valence-corrected chi connectivity index (χ1v) is 6.80. The van der Waals surface area contributed by atoms with Crippen LogP contribution in [0.15, 0.2) is 4.63 Å². The van der Waals surface area contributed by atoms with Gasteiger partial charge in [-0.3, -0.25) is 9.59 Å². The van der Waals surface area contributed by atoms with Gasteiger partial charge in [0.15, 0.2) is 0 Å². The minimum atomic E-state index is -0.810. The van der Waals surface area contributed by atoms with Crippen molar-refractivity contribution in [2.24, 2.45) is 11.3 Å². The maximum absolute atomic E-state index is 11.8. The predicted octanol–water partition coefficient (Wildman–Crippen LogP) is 1.30. The Morgan fingerprint density at radius 2 is 2.00 bits per heavy atom. The summed E-state index contributed by atoms with van der Waals surface area (Å²) in [6.45, 7) is 6.58. The third-order valence-electron chi connectivity index (χ3n) is 3.44. The molecule has 21 heavy (non-hydrogen) atoms. The van der Waals surface area contributed by atoms with Gasteiger partial charge in [-0.05, 0) is 34.5 Å². The minimum Gasteiger partial charge on any atom is -0.481 e. The average molecular weight is 298 g/mol. The van der Waals surface area contributed by atoms with Crippen LogP contribution in [0.25, 0.3) is 0 Å². The highest BCUT2D eigenvalue weighted by molar-refractivity contribution is 5.95. The van der Waals surface area contributed by atoms with Gasteiger partial charge < -0.3 is 16.2 Å². The van der Waals surface area contributed by atoms with Crippen LogP contribution in [0.3, 0.4) is 0 Å². The lowest BCUT2D eigenvalue weighted by Crippen LogP contribution is -2.30. The number of carbonyl (C=O) groups excluding carboxylic acids is 1. The van der Waals surface area contributed by atoms with Crippen molar-refractivity contribution >= 4 is 17.7 Å². The number of carboxylic acids is 1. The normalized spacial score (nSPS) is 12.9. The fourth-order valence-corrected chi connectivity index (χ4v) is 2.10. The summed E-state index contributed by atoms with van der Waals surface area (Å²) in [4.78, 5) is 22.5. The number of nitrogens with one attached hydrogen (secondary N) is 1. The van der Waals surface area contributed by atoms with E-state index in [1.807, 2.05) is 0 Å². The SMILES string of the molecule is CC(C)(C)C(CCNC(=O)c1nonc1N)CCC(=O)O. The van der Waals surface area contributed by atoms with Crippen molar-refractivity contribution in [1.82, 2.24) is 15.6 Å². The maximum Gasteiger partial charge on any atom is 0.303 e. The van der Waals surface area contributed by atoms with E-state index >= 15 is 0 Å². The summed E-state index contributed by atoms with van der Waals surface area (Å²) in [5.41, 5.74) is 5.36. The van der Waals surface area contributed by atoms with Gasteiger partial charge in [0, 0.05) is 13.0 Å². The first kappa shape index (κ1) is 16.9. The average Bonchev–Trinajstić information content (AvgIpc) is 2.77. The summed E-state index contributed by atoms with van der Waals surface area (Å²) in [6.07, 6.45) is 1.37. The Balaban J connectivity index is 2.48. The fraction of sp³-hybridized carbons (Fsp3) is 0.692. The van der Waals surface area contributed by atoms with Gasteiger partial charge in [0.05, 0.1) is 0 Å². The molecule has 8 nitrogen and oxygen atoms in total. The molecule has 0 fully saturated rings. The van der Waals surface area contributed by atoms with E-state index in [1.54, 1.807) is 0 Å². The number of carboxylic acid groups (broad SMARTS) is 1. The summed E-state index contributed by atoms with van der Waals surface area (Å²) >= 11 is 0. The Bertz CT molecular complexity index is 493. The highest BCUT2D eigenvalue weighted by atomic mass is 16.6. The van der Waals surface area contributed by atoms with Crippen molar-refractivity contribution in [3.63, 3.8) is 0 Å². The largest absolute Gasteiger partial charge is 0.481 e. The van der Waals surface area contributed by atoms with Gasteiger partial charge in [-0.15, -0.1) is 0 Å². The van der Waals surface area contributed by atoms with E-state index in [4.69, 9.17) is 10.8 Å². The number of anilines is 1. The minimum absolute atomic E-state index is 0.0331. The molecule has 4 N–H and O–H groups in total. The number of nitrogens with two attached hydrogens (primary N) is 1. The Kier molecular flexibility index (Phi) is 5.69. The fourth-order valence-electron chi connectivity index (χ4n) is 2.10. The number of hydrogen-bond donors (Lipinski definition) is 3. The third kappa shape index (κ3) is 5.41. The van der Waals surface area contributed by atoms with Crippen LogP contribution in [0.1, 0.15) is 50.5 Å². The molecule has 0 aliphatic carbocycles. The molecule has 8 heteroatoms.